The molecule has 1 aromatic carbocycles. The molecular weight excluding hydrogens is 328 g/mol. The van der Waals surface area contributed by atoms with Crippen molar-refractivity contribution < 1.29 is 13.6 Å². The van der Waals surface area contributed by atoms with Gasteiger partial charge in [0.25, 0.3) is 5.91 Å². The largest absolute Gasteiger partial charge is 0.351 e. The number of hydrogen-bond acceptors (Lipinski definition) is 1. The van der Waals surface area contributed by atoms with E-state index in [2.05, 4.69) is 21.2 Å². The van der Waals surface area contributed by atoms with E-state index in [1.165, 1.54) is 13.0 Å². The van der Waals surface area contributed by atoms with E-state index in [0.717, 1.165) is 24.2 Å². The molecular formula is C15H20BrF2NO. The number of hydrogen-bond donors (Lipinski definition) is 1. The Balaban J connectivity index is 2.90. The zero-order valence-corrected chi connectivity index (χ0v) is 13.6. The number of rotatable bonds is 6. The second-order valence-corrected chi connectivity index (χ2v) is 5.64. The number of aryl methyl sites for hydroxylation is 1. The average Bonchev–Trinajstić information content (AvgIpc) is 2.45. The highest BCUT2D eigenvalue weighted by molar-refractivity contribution is 9.09. The van der Waals surface area contributed by atoms with Gasteiger partial charge in [-0.15, -0.1) is 0 Å². The van der Waals surface area contributed by atoms with Gasteiger partial charge in [-0.3, -0.25) is 4.79 Å². The summed E-state index contributed by atoms with van der Waals surface area (Å²) in [4.78, 5) is 12.0. The number of nitrogens with one attached hydrogen (secondary N) is 1. The highest BCUT2D eigenvalue weighted by Crippen LogP contribution is 2.28. The van der Waals surface area contributed by atoms with Gasteiger partial charge in [-0.2, -0.15) is 0 Å². The Bertz CT molecular complexity index is 479. The maximum atomic E-state index is 13.9. The molecule has 0 unspecified atom stereocenters. The van der Waals surface area contributed by atoms with Crippen LogP contribution in [0, 0.1) is 24.0 Å². The maximum absolute atomic E-state index is 13.9. The molecule has 1 rings (SSSR count). The summed E-state index contributed by atoms with van der Waals surface area (Å²) in [7, 11) is 0. The first-order valence-corrected chi connectivity index (χ1v) is 7.81. The summed E-state index contributed by atoms with van der Waals surface area (Å²) < 4.78 is 27.5. The molecule has 0 aliphatic carbocycles. The smallest absolute Gasteiger partial charge is 0.257 e. The Kier molecular flexibility index (Phi) is 6.11. The summed E-state index contributed by atoms with van der Waals surface area (Å²) >= 11 is 3.44. The van der Waals surface area contributed by atoms with Gasteiger partial charge in [0.2, 0.25) is 0 Å². The molecule has 20 heavy (non-hydrogen) atoms. The summed E-state index contributed by atoms with van der Waals surface area (Å²) in [5, 5.41) is 3.38. The van der Waals surface area contributed by atoms with Crippen molar-refractivity contribution in [3.05, 3.63) is 34.9 Å². The molecule has 0 saturated heterocycles. The zero-order valence-electron chi connectivity index (χ0n) is 12.0. The Hall–Kier alpha value is -0.970. The zero-order chi connectivity index (χ0) is 15.3. The van der Waals surface area contributed by atoms with Crippen LogP contribution in [0.15, 0.2) is 12.1 Å². The summed E-state index contributed by atoms with van der Waals surface area (Å²) in [6.45, 7) is 5.96. The quantitative estimate of drug-likeness (QED) is 0.767. The molecule has 0 radical (unpaired) electrons. The topological polar surface area (TPSA) is 29.1 Å². The standard InChI is InChI=1S/C15H20BrF2NO/c1-4-15(5-2,8-16)9-19-14(20)12-11(17)7-6-10(3)13(12)18/h6-7H,4-5,8-9H2,1-3H3,(H,19,20). The van der Waals surface area contributed by atoms with Crippen molar-refractivity contribution in [2.45, 2.75) is 33.6 Å². The van der Waals surface area contributed by atoms with Crippen LogP contribution in [0.1, 0.15) is 42.6 Å². The number of amides is 1. The van der Waals surface area contributed by atoms with Crippen LogP contribution in [0.3, 0.4) is 0 Å². The summed E-state index contributed by atoms with van der Waals surface area (Å²) in [6.07, 6.45) is 1.74. The molecule has 5 heteroatoms. The summed E-state index contributed by atoms with van der Waals surface area (Å²) in [5.74, 6) is -2.32. The maximum Gasteiger partial charge on any atom is 0.257 e. The molecule has 0 aliphatic rings. The minimum absolute atomic E-state index is 0.0908. The van der Waals surface area contributed by atoms with Crippen molar-refractivity contribution >= 4 is 21.8 Å². The molecule has 0 spiro atoms. The predicted octanol–water partition coefficient (Wildman–Crippen LogP) is 4.20. The van der Waals surface area contributed by atoms with E-state index in [1.807, 2.05) is 13.8 Å². The van der Waals surface area contributed by atoms with E-state index >= 15 is 0 Å². The third kappa shape index (κ3) is 3.57. The number of carbonyl (C=O) groups is 1. The molecule has 0 fully saturated rings. The fourth-order valence-corrected chi connectivity index (χ4v) is 2.95. The number of alkyl halides is 1. The second kappa shape index (κ2) is 7.16. The molecule has 0 aliphatic heterocycles. The lowest BCUT2D eigenvalue weighted by atomic mass is 9.84. The van der Waals surface area contributed by atoms with Gasteiger partial charge < -0.3 is 5.32 Å². The second-order valence-electron chi connectivity index (χ2n) is 5.08. The van der Waals surface area contributed by atoms with Gasteiger partial charge in [0.05, 0.1) is 0 Å². The molecule has 0 aromatic heterocycles. The molecule has 0 heterocycles. The van der Waals surface area contributed by atoms with Gasteiger partial charge in [-0.25, -0.2) is 8.78 Å². The monoisotopic (exact) mass is 347 g/mol. The fourth-order valence-electron chi connectivity index (χ4n) is 1.96. The highest BCUT2D eigenvalue weighted by Gasteiger charge is 2.27. The third-order valence-electron chi connectivity index (χ3n) is 3.92. The van der Waals surface area contributed by atoms with E-state index in [0.29, 0.717) is 6.54 Å². The first-order valence-electron chi connectivity index (χ1n) is 6.69. The van der Waals surface area contributed by atoms with Gasteiger partial charge in [-0.1, -0.05) is 35.8 Å². The van der Waals surface area contributed by atoms with Crippen molar-refractivity contribution in [3.8, 4) is 0 Å². The van der Waals surface area contributed by atoms with Crippen LogP contribution < -0.4 is 5.32 Å². The molecule has 0 saturated carbocycles. The Morgan fingerprint density at radius 2 is 1.90 bits per heavy atom. The van der Waals surface area contributed by atoms with Crippen molar-refractivity contribution in [1.82, 2.24) is 5.32 Å². The summed E-state index contributed by atoms with van der Waals surface area (Å²) in [5.41, 5.74) is -0.332. The van der Waals surface area contributed by atoms with E-state index in [9.17, 15) is 13.6 Å². The number of carbonyl (C=O) groups excluding carboxylic acids is 1. The minimum atomic E-state index is -0.831. The van der Waals surface area contributed by atoms with Crippen molar-refractivity contribution in [1.29, 1.82) is 0 Å². The van der Waals surface area contributed by atoms with Gasteiger partial charge in [0.1, 0.15) is 17.2 Å². The third-order valence-corrected chi connectivity index (χ3v) is 5.11. The van der Waals surface area contributed by atoms with E-state index in [1.54, 1.807) is 0 Å². The lowest BCUT2D eigenvalue weighted by Gasteiger charge is -2.29. The van der Waals surface area contributed by atoms with Crippen LogP contribution in [0.4, 0.5) is 8.78 Å². The summed E-state index contributed by atoms with van der Waals surface area (Å²) in [6, 6.07) is 2.44. The van der Waals surface area contributed by atoms with Crippen molar-refractivity contribution in [3.63, 3.8) is 0 Å². The average molecular weight is 348 g/mol. The number of halogens is 3. The molecule has 0 bridgehead atoms. The first kappa shape index (κ1) is 17.1. The van der Waals surface area contributed by atoms with E-state index in [4.69, 9.17) is 0 Å². The lowest BCUT2D eigenvalue weighted by molar-refractivity contribution is 0.0923. The van der Waals surface area contributed by atoms with Crippen LogP contribution in [-0.2, 0) is 0 Å². The Morgan fingerprint density at radius 1 is 1.30 bits per heavy atom. The van der Waals surface area contributed by atoms with Gasteiger partial charge >= 0.3 is 0 Å². The van der Waals surface area contributed by atoms with Gasteiger partial charge in [0.15, 0.2) is 0 Å². The van der Waals surface area contributed by atoms with Crippen LogP contribution in [-0.4, -0.2) is 17.8 Å². The molecule has 0 atom stereocenters. The van der Waals surface area contributed by atoms with Crippen molar-refractivity contribution in [2.24, 2.45) is 5.41 Å². The normalized spacial score (nSPS) is 11.5. The molecule has 1 aromatic rings. The molecule has 1 amide bonds. The minimum Gasteiger partial charge on any atom is -0.351 e. The van der Waals surface area contributed by atoms with Crippen molar-refractivity contribution in [2.75, 3.05) is 11.9 Å². The SMILES string of the molecule is CCC(CC)(CBr)CNC(=O)c1c(F)ccc(C)c1F. The van der Waals surface area contributed by atoms with E-state index in [-0.39, 0.29) is 11.0 Å². The Labute approximate surface area is 127 Å². The van der Waals surface area contributed by atoms with Gasteiger partial charge in [0, 0.05) is 11.9 Å². The number of benzene rings is 1. The van der Waals surface area contributed by atoms with Crippen LogP contribution in [0.2, 0.25) is 0 Å². The predicted molar refractivity (Wildman–Crippen MR) is 80.2 cm³/mol. The van der Waals surface area contributed by atoms with Gasteiger partial charge in [-0.05, 0) is 36.8 Å². The first-order chi connectivity index (χ1) is 9.40. The van der Waals surface area contributed by atoms with Crippen LogP contribution in [0.5, 0.6) is 0 Å². The lowest BCUT2D eigenvalue weighted by Crippen LogP contribution is -2.38. The highest BCUT2D eigenvalue weighted by atomic mass is 79.9. The molecule has 112 valence electrons. The van der Waals surface area contributed by atoms with E-state index < -0.39 is 23.1 Å². The molecule has 1 N–H and O–H groups in total. The van der Waals surface area contributed by atoms with Crippen LogP contribution >= 0.6 is 15.9 Å². The Morgan fingerprint density at radius 3 is 2.40 bits per heavy atom. The van der Waals surface area contributed by atoms with Crippen LogP contribution in [0.25, 0.3) is 0 Å². The fraction of sp³-hybridized carbons (Fsp3) is 0.533. The molecule has 2 nitrogen and oxygen atoms in total.